The largest absolute Gasteiger partial charge is 0.488 e. The van der Waals surface area contributed by atoms with Gasteiger partial charge >= 0.3 is 0 Å². The van der Waals surface area contributed by atoms with Crippen LogP contribution in [0.15, 0.2) is 42.6 Å². The van der Waals surface area contributed by atoms with E-state index < -0.39 is 6.10 Å². The van der Waals surface area contributed by atoms with Crippen LogP contribution in [0.5, 0.6) is 5.75 Å². The molecule has 0 spiro atoms. The average molecular weight is 372 g/mol. The van der Waals surface area contributed by atoms with Crippen LogP contribution in [0, 0.1) is 0 Å². The molecule has 27 heavy (non-hydrogen) atoms. The van der Waals surface area contributed by atoms with Gasteiger partial charge in [-0.2, -0.15) is 5.10 Å². The summed E-state index contributed by atoms with van der Waals surface area (Å²) < 4.78 is 7.74. The van der Waals surface area contributed by atoms with Gasteiger partial charge in [-0.25, -0.2) is 0 Å². The Morgan fingerprint density at radius 3 is 2.74 bits per heavy atom. The summed E-state index contributed by atoms with van der Waals surface area (Å²) in [6.07, 6.45) is 2.21. The van der Waals surface area contributed by atoms with E-state index in [1.807, 2.05) is 55.5 Å². The van der Waals surface area contributed by atoms with Crippen molar-refractivity contribution in [2.24, 2.45) is 0 Å². The van der Waals surface area contributed by atoms with Crippen LogP contribution in [0.2, 0.25) is 0 Å². The van der Waals surface area contributed by atoms with Crippen LogP contribution in [0.1, 0.15) is 30.3 Å². The first-order chi connectivity index (χ1) is 13.0. The van der Waals surface area contributed by atoms with Gasteiger partial charge in [0, 0.05) is 19.2 Å². The van der Waals surface area contributed by atoms with Crippen molar-refractivity contribution in [2.45, 2.75) is 50.6 Å². The molecule has 2 aromatic rings. The molecule has 1 aliphatic carbocycles. The molecule has 1 saturated carbocycles. The lowest BCUT2D eigenvalue weighted by Gasteiger charge is -2.29. The Bertz CT molecular complexity index is 747. The first kappa shape index (κ1) is 19.4. The number of rotatable bonds is 7. The fourth-order valence-electron chi connectivity index (χ4n) is 3.67. The fraction of sp³-hybridized carbons (Fsp3) is 0.500. The van der Waals surface area contributed by atoms with Crippen molar-refractivity contribution in [3.05, 3.63) is 48.3 Å². The average Bonchev–Trinajstić information content (AvgIpc) is 3.21. The minimum atomic E-state index is -0.705. The molecule has 0 aliphatic heterocycles. The van der Waals surface area contributed by atoms with Crippen LogP contribution in [0.25, 0.3) is 0 Å². The number of hydrogen-bond donors (Lipinski definition) is 2. The zero-order valence-electron chi connectivity index (χ0n) is 16.1. The highest BCUT2D eigenvalue weighted by molar-refractivity contribution is 5.92. The van der Waals surface area contributed by atoms with Crippen molar-refractivity contribution >= 4 is 5.91 Å². The fourth-order valence-corrected chi connectivity index (χ4v) is 3.67. The van der Waals surface area contributed by atoms with Crippen molar-refractivity contribution in [3.8, 4) is 5.75 Å². The Hall–Kier alpha value is -2.38. The van der Waals surface area contributed by atoms with Crippen molar-refractivity contribution < 1.29 is 14.6 Å². The number of benzene rings is 1. The zero-order chi connectivity index (χ0) is 19.4. The van der Waals surface area contributed by atoms with Gasteiger partial charge in [0.2, 0.25) is 0 Å². The highest BCUT2D eigenvalue weighted by Gasteiger charge is 2.45. The number of nitrogens with one attached hydrogen (secondary N) is 1. The third kappa shape index (κ3) is 4.48. The molecular weight excluding hydrogens is 344 g/mol. The summed E-state index contributed by atoms with van der Waals surface area (Å²) in [5.74, 6) is 0.485. The van der Waals surface area contributed by atoms with E-state index in [9.17, 15) is 9.90 Å². The molecule has 0 bridgehead atoms. The number of aryl methyl sites for hydroxylation is 1. The molecule has 0 unspecified atom stereocenters. The second-order valence-electron chi connectivity index (χ2n) is 7.19. The van der Waals surface area contributed by atoms with Gasteiger partial charge in [0.15, 0.2) is 0 Å². The second kappa shape index (κ2) is 8.54. The monoisotopic (exact) mass is 372 g/mol. The highest BCUT2D eigenvalue weighted by atomic mass is 16.5. The molecule has 4 atom stereocenters. The summed E-state index contributed by atoms with van der Waals surface area (Å²) in [6.45, 7) is 2.85. The molecule has 1 amide bonds. The van der Waals surface area contributed by atoms with Crippen LogP contribution in [0.3, 0.4) is 0 Å². The first-order valence-electron chi connectivity index (χ1n) is 9.40. The van der Waals surface area contributed by atoms with E-state index in [0.717, 1.165) is 13.0 Å². The number of carbonyl (C=O) groups is 1. The Balaban J connectivity index is 1.69. The van der Waals surface area contributed by atoms with Crippen LogP contribution < -0.4 is 10.1 Å². The van der Waals surface area contributed by atoms with Crippen LogP contribution >= 0.6 is 0 Å². The van der Waals surface area contributed by atoms with E-state index >= 15 is 0 Å². The Morgan fingerprint density at radius 2 is 2.07 bits per heavy atom. The van der Waals surface area contributed by atoms with Gasteiger partial charge < -0.3 is 20.1 Å². The van der Waals surface area contributed by atoms with E-state index in [2.05, 4.69) is 17.3 Å². The molecule has 7 heteroatoms. The minimum absolute atomic E-state index is 0.228. The summed E-state index contributed by atoms with van der Waals surface area (Å²) in [5, 5.41) is 18.1. The number of likely N-dealkylation sites (N-methyl/N-ethyl adjacent to an activating group) is 1. The number of para-hydroxylation sites is 1. The third-order valence-corrected chi connectivity index (χ3v) is 4.90. The number of carbonyl (C=O) groups excluding carboxylic acids is 1. The van der Waals surface area contributed by atoms with Crippen molar-refractivity contribution in [1.29, 1.82) is 0 Å². The van der Waals surface area contributed by atoms with Gasteiger partial charge in [0.25, 0.3) is 5.91 Å². The molecule has 1 aliphatic rings. The first-order valence-corrected chi connectivity index (χ1v) is 9.40. The van der Waals surface area contributed by atoms with Gasteiger partial charge in [-0.3, -0.25) is 9.48 Å². The minimum Gasteiger partial charge on any atom is -0.488 e. The Labute approximate surface area is 159 Å². The normalized spacial score (nSPS) is 24.9. The molecule has 1 aromatic carbocycles. The van der Waals surface area contributed by atoms with Gasteiger partial charge in [-0.05, 0) is 38.7 Å². The molecular formula is C20H28N4O3. The van der Waals surface area contributed by atoms with Crippen molar-refractivity contribution in [3.63, 3.8) is 0 Å². The third-order valence-electron chi connectivity index (χ3n) is 4.90. The van der Waals surface area contributed by atoms with E-state index in [1.54, 1.807) is 10.7 Å². The predicted molar refractivity (Wildman–Crippen MR) is 103 cm³/mol. The van der Waals surface area contributed by atoms with E-state index in [-0.39, 0.29) is 24.1 Å². The highest BCUT2D eigenvalue weighted by Crippen LogP contribution is 2.28. The van der Waals surface area contributed by atoms with E-state index in [4.69, 9.17) is 4.74 Å². The lowest BCUT2D eigenvalue weighted by Crippen LogP contribution is -2.50. The summed E-state index contributed by atoms with van der Waals surface area (Å²) >= 11 is 0. The number of aromatic nitrogens is 2. The number of aliphatic hydroxyl groups excluding tert-OH is 1. The zero-order valence-corrected chi connectivity index (χ0v) is 16.1. The van der Waals surface area contributed by atoms with Crippen LogP contribution in [0.4, 0.5) is 0 Å². The molecule has 1 fully saturated rings. The standard InChI is InChI=1S/C20H28N4O3/c1-4-11-24-12-10-15(22-24)20(26)21-16-13-17(19(25)18(16)23(2)3)27-14-8-6-5-7-9-14/h5-10,12,16-19,25H,4,11,13H2,1-3H3,(H,21,26)/t16-,17-,18+,19+/m1/s1. The SMILES string of the molecule is CCCn1ccc(C(=O)N[C@@H]2C[C@@H](Oc3ccccc3)[C@H](O)[C@H]2N(C)C)n1. The topological polar surface area (TPSA) is 79.6 Å². The Morgan fingerprint density at radius 1 is 1.33 bits per heavy atom. The summed E-state index contributed by atoms with van der Waals surface area (Å²) in [4.78, 5) is 14.6. The maximum absolute atomic E-state index is 12.6. The van der Waals surface area contributed by atoms with Gasteiger partial charge in [-0.1, -0.05) is 25.1 Å². The van der Waals surface area contributed by atoms with Crippen molar-refractivity contribution in [1.82, 2.24) is 20.0 Å². The van der Waals surface area contributed by atoms with Crippen LogP contribution in [-0.2, 0) is 6.54 Å². The number of hydrogen-bond acceptors (Lipinski definition) is 5. The summed E-state index contributed by atoms with van der Waals surface area (Å²) in [7, 11) is 3.79. The van der Waals surface area contributed by atoms with E-state index in [1.165, 1.54) is 0 Å². The smallest absolute Gasteiger partial charge is 0.272 e. The maximum atomic E-state index is 12.6. The summed E-state index contributed by atoms with van der Waals surface area (Å²) in [5.41, 5.74) is 0.392. The molecule has 0 radical (unpaired) electrons. The second-order valence-corrected chi connectivity index (χ2v) is 7.19. The van der Waals surface area contributed by atoms with Crippen LogP contribution in [-0.4, -0.2) is 64.1 Å². The lowest BCUT2D eigenvalue weighted by molar-refractivity contribution is 0.0210. The molecule has 3 rings (SSSR count). The number of nitrogens with zero attached hydrogens (tertiary/aromatic N) is 3. The lowest BCUT2D eigenvalue weighted by atomic mass is 10.1. The molecule has 7 nitrogen and oxygen atoms in total. The number of aliphatic hydroxyl groups is 1. The van der Waals surface area contributed by atoms with Gasteiger partial charge in [-0.15, -0.1) is 0 Å². The summed E-state index contributed by atoms with van der Waals surface area (Å²) in [6, 6.07) is 10.7. The molecule has 1 aromatic heterocycles. The predicted octanol–water partition coefficient (Wildman–Crippen LogP) is 1.53. The van der Waals surface area contributed by atoms with Gasteiger partial charge in [0.1, 0.15) is 23.7 Å². The number of ether oxygens (including phenoxy) is 1. The van der Waals surface area contributed by atoms with E-state index in [0.29, 0.717) is 17.9 Å². The molecule has 0 saturated heterocycles. The Kier molecular flexibility index (Phi) is 6.13. The van der Waals surface area contributed by atoms with Gasteiger partial charge in [0.05, 0.1) is 12.1 Å². The maximum Gasteiger partial charge on any atom is 0.272 e. The quantitative estimate of drug-likeness (QED) is 0.771. The molecule has 146 valence electrons. The van der Waals surface area contributed by atoms with Crippen molar-refractivity contribution in [2.75, 3.05) is 14.1 Å². The molecule has 2 N–H and O–H groups in total. The number of amides is 1. The molecule has 1 heterocycles.